The molecule has 0 N–H and O–H groups in total. The van der Waals surface area contributed by atoms with E-state index in [0.717, 1.165) is 48.4 Å². The third-order valence-electron chi connectivity index (χ3n) is 5.45. The first-order chi connectivity index (χ1) is 14.3. The lowest BCUT2D eigenvalue weighted by Crippen LogP contribution is -2.41. The number of hydrogen-bond donors (Lipinski definition) is 0. The molecule has 0 spiro atoms. The van der Waals surface area contributed by atoms with Crippen molar-refractivity contribution in [3.05, 3.63) is 57.9 Å². The van der Waals surface area contributed by atoms with Crippen molar-refractivity contribution in [1.82, 2.24) is 14.7 Å². The summed E-state index contributed by atoms with van der Waals surface area (Å²) < 4.78 is 7.01. The fourth-order valence-corrected chi connectivity index (χ4v) is 3.93. The van der Waals surface area contributed by atoms with E-state index in [-0.39, 0.29) is 12.5 Å². The van der Waals surface area contributed by atoms with Crippen LogP contribution < -0.4 is 0 Å². The molecule has 3 rings (SSSR count). The number of aromatic nitrogens is 2. The molecule has 1 saturated heterocycles. The zero-order valence-electron chi connectivity index (χ0n) is 17.7. The number of amides is 1. The highest BCUT2D eigenvalue weighted by Crippen LogP contribution is 2.20. The van der Waals surface area contributed by atoms with E-state index in [9.17, 15) is 9.59 Å². The predicted octanol–water partition coefficient (Wildman–Crippen LogP) is 4.02. The van der Waals surface area contributed by atoms with Crippen molar-refractivity contribution < 1.29 is 14.3 Å². The summed E-state index contributed by atoms with van der Waals surface area (Å²) in [4.78, 5) is 26.1. The number of halogens is 1. The number of carbonyl (C=O) groups is 2. The van der Waals surface area contributed by atoms with E-state index < -0.39 is 5.97 Å². The third-order valence-corrected chi connectivity index (χ3v) is 5.82. The highest BCUT2D eigenvalue weighted by atomic mass is 35.5. The van der Waals surface area contributed by atoms with E-state index in [1.807, 2.05) is 42.8 Å². The topological polar surface area (TPSA) is 64.4 Å². The Kier molecular flexibility index (Phi) is 7.32. The molecule has 160 valence electrons. The van der Waals surface area contributed by atoms with Gasteiger partial charge in [0.15, 0.2) is 6.61 Å². The smallest absolute Gasteiger partial charge is 0.331 e. The van der Waals surface area contributed by atoms with Gasteiger partial charge in [-0.15, -0.1) is 0 Å². The number of nitrogens with zero attached hydrogens (tertiary/aromatic N) is 3. The summed E-state index contributed by atoms with van der Waals surface area (Å²) in [7, 11) is 0. The SMILES string of the molecule is Cc1nn(Cc2ccccc2Cl)c(C)c1/C=C/C(=O)OCC(=O)N1CCCC(C)C1. The standard InChI is InChI=1S/C23H28ClN3O3/c1-16-7-6-12-26(13-16)22(28)15-30-23(29)11-10-20-17(2)25-27(18(20)3)14-19-8-4-5-9-21(19)24/h4-5,8-11,16H,6-7,12-15H2,1-3H3/b11-10+. The largest absolute Gasteiger partial charge is 0.452 e. The summed E-state index contributed by atoms with van der Waals surface area (Å²) in [5.74, 6) is -0.180. The average molecular weight is 430 g/mol. The van der Waals surface area contributed by atoms with Gasteiger partial charge in [0.25, 0.3) is 5.91 Å². The Morgan fingerprint density at radius 1 is 1.30 bits per heavy atom. The molecule has 1 aliphatic heterocycles. The lowest BCUT2D eigenvalue weighted by Gasteiger charge is -2.30. The maximum absolute atomic E-state index is 12.2. The number of aryl methyl sites for hydroxylation is 1. The highest BCUT2D eigenvalue weighted by Gasteiger charge is 2.21. The molecule has 1 fully saturated rings. The molecule has 0 bridgehead atoms. The second-order valence-electron chi connectivity index (χ2n) is 7.86. The van der Waals surface area contributed by atoms with Gasteiger partial charge in [0.2, 0.25) is 0 Å². The molecule has 6 nitrogen and oxygen atoms in total. The van der Waals surface area contributed by atoms with Crippen molar-refractivity contribution >= 4 is 29.6 Å². The van der Waals surface area contributed by atoms with Crippen molar-refractivity contribution in [2.45, 2.75) is 40.2 Å². The molecular weight excluding hydrogens is 402 g/mol. The van der Waals surface area contributed by atoms with Crippen molar-refractivity contribution in [2.75, 3.05) is 19.7 Å². The average Bonchev–Trinajstić information content (AvgIpc) is 2.99. The summed E-state index contributed by atoms with van der Waals surface area (Å²) in [5, 5.41) is 5.25. The second kappa shape index (κ2) is 9.94. The molecule has 1 unspecified atom stereocenters. The Bertz CT molecular complexity index is 951. The van der Waals surface area contributed by atoms with E-state index in [0.29, 0.717) is 17.5 Å². The summed E-state index contributed by atoms with van der Waals surface area (Å²) in [5.41, 5.74) is 3.57. The molecule has 0 radical (unpaired) electrons. The summed E-state index contributed by atoms with van der Waals surface area (Å²) in [6.07, 6.45) is 5.17. The quantitative estimate of drug-likeness (QED) is 0.514. The van der Waals surface area contributed by atoms with Gasteiger partial charge in [-0.2, -0.15) is 5.10 Å². The molecule has 30 heavy (non-hydrogen) atoms. The normalized spacial score (nSPS) is 16.8. The molecule has 0 aliphatic carbocycles. The van der Waals surface area contributed by atoms with Crippen LogP contribution in [0.3, 0.4) is 0 Å². The van der Waals surface area contributed by atoms with Crippen LogP contribution in [0.25, 0.3) is 6.08 Å². The number of likely N-dealkylation sites (tertiary alicyclic amines) is 1. The minimum atomic E-state index is -0.536. The Morgan fingerprint density at radius 2 is 2.07 bits per heavy atom. The maximum atomic E-state index is 12.2. The van der Waals surface area contributed by atoms with Crippen LogP contribution in [-0.4, -0.2) is 46.3 Å². The summed E-state index contributed by atoms with van der Waals surface area (Å²) in [6, 6.07) is 7.65. The molecule has 1 aliphatic rings. The van der Waals surface area contributed by atoms with Gasteiger partial charge in [-0.3, -0.25) is 9.48 Å². The van der Waals surface area contributed by atoms with Crippen molar-refractivity contribution in [3.63, 3.8) is 0 Å². The van der Waals surface area contributed by atoms with E-state index in [1.165, 1.54) is 6.08 Å². The van der Waals surface area contributed by atoms with Gasteiger partial charge in [0, 0.05) is 35.4 Å². The minimum Gasteiger partial charge on any atom is -0.452 e. The molecule has 2 heterocycles. The zero-order chi connectivity index (χ0) is 21.7. The van der Waals surface area contributed by atoms with Crippen LogP contribution >= 0.6 is 11.6 Å². The van der Waals surface area contributed by atoms with Crippen LogP contribution in [-0.2, 0) is 20.9 Å². The minimum absolute atomic E-state index is 0.136. The molecule has 1 atom stereocenters. The van der Waals surface area contributed by atoms with Crippen LogP contribution in [0.15, 0.2) is 30.3 Å². The van der Waals surface area contributed by atoms with Gasteiger partial charge in [0.05, 0.1) is 12.2 Å². The second-order valence-corrected chi connectivity index (χ2v) is 8.27. The summed E-state index contributed by atoms with van der Waals surface area (Å²) >= 11 is 6.25. The van der Waals surface area contributed by atoms with Crippen LogP contribution in [0.5, 0.6) is 0 Å². The molecular formula is C23H28ClN3O3. The number of benzene rings is 1. The number of hydrogen-bond acceptors (Lipinski definition) is 4. The highest BCUT2D eigenvalue weighted by molar-refractivity contribution is 6.31. The fourth-order valence-electron chi connectivity index (χ4n) is 3.73. The number of carbonyl (C=O) groups excluding carboxylic acids is 2. The third kappa shape index (κ3) is 5.51. The van der Waals surface area contributed by atoms with Crippen LogP contribution in [0.2, 0.25) is 5.02 Å². The number of ether oxygens (including phenoxy) is 1. The van der Waals surface area contributed by atoms with Gasteiger partial charge in [-0.25, -0.2) is 4.79 Å². The van der Waals surface area contributed by atoms with Gasteiger partial charge < -0.3 is 9.64 Å². The number of esters is 1. The van der Waals surface area contributed by atoms with Gasteiger partial charge >= 0.3 is 5.97 Å². The van der Waals surface area contributed by atoms with Crippen molar-refractivity contribution in [2.24, 2.45) is 5.92 Å². The van der Waals surface area contributed by atoms with E-state index in [4.69, 9.17) is 16.3 Å². The first-order valence-electron chi connectivity index (χ1n) is 10.2. The molecule has 7 heteroatoms. The van der Waals surface area contributed by atoms with E-state index >= 15 is 0 Å². The maximum Gasteiger partial charge on any atom is 0.331 e. The molecule has 0 saturated carbocycles. The number of rotatable bonds is 6. The van der Waals surface area contributed by atoms with Gasteiger partial charge in [0.1, 0.15) is 0 Å². The lowest BCUT2D eigenvalue weighted by molar-refractivity contribution is -0.149. The van der Waals surface area contributed by atoms with E-state index in [1.54, 1.807) is 11.0 Å². The molecule has 1 aromatic heterocycles. The lowest BCUT2D eigenvalue weighted by atomic mass is 10.0. The summed E-state index contributed by atoms with van der Waals surface area (Å²) in [6.45, 7) is 7.76. The monoisotopic (exact) mass is 429 g/mol. The van der Waals surface area contributed by atoms with Crippen molar-refractivity contribution in [3.8, 4) is 0 Å². The van der Waals surface area contributed by atoms with Crippen LogP contribution in [0, 0.1) is 19.8 Å². The van der Waals surface area contributed by atoms with Crippen molar-refractivity contribution in [1.29, 1.82) is 0 Å². The Hall–Kier alpha value is -2.60. The Labute approximate surface area is 182 Å². The Morgan fingerprint density at radius 3 is 2.80 bits per heavy atom. The zero-order valence-corrected chi connectivity index (χ0v) is 18.5. The number of piperidine rings is 1. The van der Waals surface area contributed by atoms with E-state index in [2.05, 4.69) is 12.0 Å². The predicted molar refractivity (Wildman–Crippen MR) is 117 cm³/mol. The van der Waals surface area contributed by atoms with Gasteiger partial charge in [-0.1, -0.05) is 36.7 Å². The molecule has 1 amide bonds. The fraction of sp³-hybridized carbons (Fsp3) is 0.435. The first kappa shape index (κ1) is 22.1. The Balaban J connectivity index is 1.59. The first-order valence-corrected chi connectivity index (χ1v) is 10.6. The van der Waals surface area contributed by atoms with Crippen LogP contribution in [0.1, 0.15) is 42.3 Å². The molecule has 2 aromatic rings. The van der Waals surface area contributed by atoms with Gasteiger partial charge in [-0.05, 0) is 50.3 Å². The van der Waals surface area contributed by atoms with Crippen LogP contribution in [0.4, 0.5) is 0 Å². The molecule has 1 aromatic carbocycles.